The lowest BCUT2D eigenvalue weighted by Crippen LogP contribution is -2.22. The van der Waals surface area contributed by atoms with Gasteiger partial charge in [-0.3, -0.25) is 0 Å². The minimum absolute atomic E-state index is 0.110. The molecule has 0 fully saturated rings. The maximum atomic E-state index is 9.10. The van der Waals surface area contributed by atoms with Gasteiger partial charge in [0, 0.05) is 11.8 Å². The Hall–Kier alpha value is -3.86. The van der Waals surface area contributed by atoms with Gasteiger partial charge in [-0.15, -0.1) is 0 Å². The molecule has 0 radical (unpaired) electrons. The molecule has 0 bridgehead atoms. The molecule has 1 aliphatic rings. The fourth-order valence-electron chi connectivity index (χ4n) is 2.75. The highest BCUT2D eigenvalue weighted by Crippen LogP contribution is 2.33. The van der Waals surface area contributed by atoms with Crippen molar-refractivity contribution in [1.82, 2.24) is 9.97 Å². The average Bonchev–Trinajstić information content (AvgIpc) is 3.09. The van der Waals surface area contributed by atoms with Gasteiger partial charge in [-0.25, -0.2) is 9.97 Å². The first-order valence-corrected chi connectivity index (χ1v) is 7.81. The van der Waals surface area contributed by atoms with Gasteiger partial charge in [-0.2, -0.15) is 10.3 Å². The fourth-order valence-corrected chi connectivity index (χ4v) is 2.75. The van der Waals surface area contributed by atoms with E-state index in [1.807, 2.05) is 18.2 Å². The van der Waals surface area contributed by atoms with Gasteiger partial charge in [0.1, 0.15) is 5.82 Å². The molecule has 8 nitrogen and oxygen atoms in total. The van der Waals surface area contributed by atoms with E-state index in [4.69, 9.17) is 26.2 Å². The predicted molar refractivity (Wildman–Crippen MR) is 95.1 cm³/mol. The SMILES string of the molecule is N#Cc1ccc2nc(Cc3ccc4c(c3)OCO4)nc(N=C(N)N)c2c1. The number of nitrogens with two attached hydrogens (primary N) is 2. The van der Waals surface area contributed by atoms with Crippen LogP contribution >= 0.6 is 0 Å². The monoisotopic (exact) mass is 346 g/mol. The summed E-state index contributed by atoms with van der Waals surface area (Å²) in [5, 5.41) is 9.72. The van der Waals surface area contributed by atoms with Crippen molar-refractivity contribution in [1.29, 1.82) is 5.26 Å². The number of hydrogen-bond acceptors (Lipinski definition) is 6. The summed E-state index contributed by atoms with van der Waals surface area (Å²) < 4.78 is 10.7. The van der Waals surface area contributed by atoms with E-state index in [-0.39, 0.29) is 12.8 Å². The molecule has 0 spiro atoms. The first-order chi connectivity index (χ1) is 12.6. The highest BCUT2D eigenvalue weighted by Gasteiger charge is 2.15. The highest BCUT2D eigenvalue weighted by atomic mass is 16.7. The van der Waals surface area contributed by atoms with Crippen molar-refractivity contribution < 1.29 is 9.47 Å². The summed E-state index contributed by atoms with van der Waals surface area (Å²) in [7, 11) is 0. The van der Waals surface area contributed by atoms with Gasteiger partial charge in [0.2, 0.25) is 6.79 Å². The summed E-state index contributed by atoms with van der Waals surface area (Å²) in [6.45, 7) is 0.223. The molecular weight excluding hydrogens is 332 g/mol. The van der Waals surface area contributed by atoms with Crippen molar-refractivity contribution in [2.24, 2.45) is 16.5 Å². The average molecular weight is 346 g/mol. The lowest BCUT2D eigenvalue weighted by molar-refractivity contribution is 0.174. The Kier molecular flexibility index (Phi) is 3.74. The molecule has 2 aromatic carbocycles. The van der Waals surface area contributed by atoms with Gasteiger partial charge in [-0.1, -0.05) is 6.07 Å². The molecule has 2 heterocycles. The number of guanidine groups is 1. The molecule has 8 heteroatoms. The number of nitrogens with zero attached hydrogens (tertiary/aromatic N) is 4. The second-order valence-corrected chi connectivity index (χ2v) is 5.71. The van der Waals surface area contributed by atoms with E-state index < -0.39 is 0 Å². The molecule has 128 valence electrons. The van der Waals surface area contributed by atoms with Crippen molar-refractivity contribution in [2.45, 2.75) is 6.42 Å². The number of ether oxygens (including phenoxy) is 2. The normalized spacial score (nSPS) is 12.0. The first-order valence-electron chi connectivity index (χ1n) is 7.81. The topological polar surface area (TPSA) is 132 Å². The van der Waals surface area contributed by atoms with E-state index in [1.54, 1.807) is 18.2 Å². The molecule has 26 heavy (non-hydrogen) atoms. The summed E-state index contributed by atoms with van der Waals surface area (Å²) in [5.41, 5.74) is 13.2. The number of benzene rings is 2. The van der Waals surface area contributed by atoms with Crippen LogP contribution in [0.3, 0.4) is 0 Å². The minimum Gasteiger partial charge on any atom is -0.454 e. The zero-order valence-corrected chi connectivity index (χ0v) is 13.6. The van der Waals surface area contributed by atoms with Gasteiger partial charge in [0.25, 0.3) is 0 Å². The number of hydrogen-bond donors (Lipinski definition) is 2. The van der Waals surface area contributed by atoms with Gasteiger partial charge < -0.3 is 20.9 Å². The van der Waals surface area contributed by atoms with Crippen LogP contribution in [-0.4, -0.2) is 22.7 Å². The third-order valence-electron chi connectivity index (χ3n) is 3.89. The zero-order chi connectivity index (χ0) is 18.1. The van der Waals surface area contributed by atoms with E-state index in [0.717, 1.165) is 11.3 Å². The quantitative estimate of drug-likeness (QED) is 0.545. The molecule has 0 atom stereocenters. The Balaban J connectivity index is 1.78. The summed E-state index contributed by atoms with van der Waals surface area (Å²) in [5.74, 6) is 2.20. The predicted octanol–water partition coefficient (Wildman–Crippen LogP) is 1.73. The summed E-state index contributed by atoms with van der Waals surface area (Å²) in [6.07, 6.45) is 0.472. The largest absolute Gasteiger partial charge is 0.454 e. The number of aliphatic imine (C=N–C) groups is 1. The van der Waals surface area contributed by atoms with Crippen LogP contribution in [0, 0.1) is 11.3 Å². The third kappa shape index (κ3) is 2.93. The Morgan fingerprint density at radius 1 is 1.12 bits per heavy atom. The van der Waals surface area contributed by atoms with E-state index in [2.05, 4.69) is 21.0 Å². The molecule has 4 N–H and O–H groups in total. The molecule has 1 aliphatic heterocycles. The van der Waals surface area contributed by atoms with Crippen LogP contribution in [0.2, 0.25) is 0 Å². The molecule has 0 saturated heterocycles. The van der Waals surface area contributed by atoms with Gasteiger partial charge in [0.05, 0.1) is 17.1 Å². The van der Waals surface area contributed by atoms with Crippen LogP contribution < -0.4 is 20.9 Å². The molecule has 1 aromatic heterocycles. The van der Waals surface area contributed by atoms with E-state index in [1.165, 1.54) is 0 Å². The Morgan fingerprint density at radius 3 is 2.77 bits per heavy atom. The van der Waals surface area contributed by atoms with Crippen LogP contribution in [-0.2, 0) is 6.42 Å². The number of rotatable bonds is 3. The van der Waals surface area contributed by atoms with Crippen LogP contribution in [0.15, 0.2) is 41.4 Å². The summed E-state index contributed by atoms with van der Waals surface area (Å²) >= 11 is 0. The number of fused-ring (bicyclic) bond motifs is 2. The van der Waals surface area contributed by atoms with E-state index in [0.29, 0.717) is 40.3 Å². The van der Waals surface area contributed by atoms with Crippen molar-refractivity contribution >= 4 is 22.7 Å². The summed E-state index contributed by atoms with van der Waals surface area (Å²) in [6, 6.07) is 12.9. The highest BCUT2D eigenvalue weighted by molar-refractivity contribution is 5.92. The Morgan fingerprint density at radius 2 is 1.96 bits per heavy atom. The second-order valence-electron chi connectivity index (χ2n) is 5.71. The minimum atomic E-state index is -0.110. The standard InChI is InChI=1S/C18H14N6O2/c19-8-11-1-3-13-12(5-11)17(24-18(20)21)23-16(22-13)7-10-2-4-14-15(6-10)26-9-25-14/h1-6H,7,9H2,(H4,20,21,22,23,24). The smallest absolute Gasteiger partial charge is 0.231 e. The molecular formula is C18H14N6O2. The molecule has 0 saturated carbocycles. The fraction of sp³-hybridized carbons (Fsp3) is 0.111. The molecule has 0 aliphatic carbocycles. The van der Waals surface area contributed by atoms with Crippen LogP contribution in [0.5, 0.6) is 11.5 Å². The Labute approximate surface area is 148 Å². The third-order valence-corrected chi connectivity index (χ3v) is 3.89. The number of nitriles is 1. The van der Waals surface area contributed by atoms with E-state index in [9.17, 15) is 0 Å². The van der Waals surface area contributed by atoms with Crippen LogP contribution in [0.1, 0.15) is 17.0 Å². The molecule has 0 amide bonds. The lowest BCUT2D eigenvalue weighted by Gasteiger charge is -2.07. The first kappa shape index (κ1) is 15.7. The van der Waals surface area contributed by atoms with Crippen molar-refractivity contribution in [2.75, 3.05) is 6.79 Å². The van der Waals surface area contributed by atoms with Gasteiger partial charge in [-0.05, 0) is 35.9 Å². The maximum absolute atomic E-state index is 9.10. The zero-order valence-electron chi connectivity index (χ0n) is 13.6. The van der Waals surface area contributed by atoms with Crippen LogP contribution in [0.25, 0.3) is 10.9 Å². The lowest BCUT2D eigenvalue weighted by atomic mass is 10.1. The second kappa shape index (κ2) is 6.22. The molecule has 4 rings (SSSR count). The molecule has 0 unspecified atom stereocenters. The molecule has 3 aromatic rings. The van der Waals surface area contributed by atoms with Crippen LogP contribution in [0.4, 0.5) is 5.82 Å². The van der Waals surface area contributed by atoms with Gasteiger partial charge >= 0.3 is 0 Å². The van der Waals surface area contributed by atoms with Crippen molar-refractivity contribution in [3.63, 3.8) is 0 Å². The van der Waals surface area contributed by atoms with Crippen molar-refractivity contribution in [3.05, 3.63) is 53.3 Å². The van der Waals surface area contributed by atoms with E-state index >= 15 is 0 Å². The Bertz CT molecular complexity index is 1080. The maximum Gasteiger partial charge on any atom is 0.231 e. The summed E-state index contributed by atoms with van der Waals surface area (Å²) in [4.78, 5) is 13.1. The van der Waals surface area contributed by atoms with Crippen molar-refractivity contribution in [3.8, 4) is 17.6 Å². The van der Waals surface area contributed by atoms with Gasteiger partial charge in [0.15, 0.2) is 23.3 Å². The number of aromatic nitrogens is 2.